The molecule has 7 nitrogen and oxygen atoms in total. The Labute approximate surface area is 120 Å². The van der Waals surface area contributed by atoms with Crippen LogP contribution < -0.4 is 9.88 Å². The maximum absolute atomic E-state index is 14.2. The Morgan fingerprint density at radius 3 is 2.67 bits per heavy atom. The van der Waals surface area contributed by atoms with Gasteiger partial charge in [0.2, 0.25) is 0 Å². The number of hydrogen-bond acceptors (Lipinski definition) is 5. The third-order valence-corrected chi connectivity index (χ3v) is 4.04. The van der Waals surface area contributed by atoms with Gasteiger partial charge in [0, 0.05) is 6.04 Å². The first kappa shape index (κ1) is 14.0. The Morgan fingerprint density at radius 1 is 1.38 bits per heavy atom. The predicted molar refractivity (Wildman–Crippen MR) is 71.6 cm³/mol. The zero-order chi connectivity index (χ0) is 15.2. The summed E-state index contributed by atoms with van der Waals surface area (Å²) in [5.41, 5.74) is 0.0781. The van der Waals surface area contributed by atoms with Crippen molar-refractivity contribution in [3.8, 4) is 17.1 Å². The molecular weight excluding hydrogens is 299 g/mol. The Bertz CT molecular complexity index is 799. The normalized spacial score (nSPS) is 15.2. The summed E-state index contributed by atoms with van der Waals surface area (Å²) in [5, 5.41) is 12.2. The maximum atomic E-state index is 14.2. The van der Waals surface area contributed by atoms with Crippen LogP contribution in [0.1, 0.15) is 18.9 Å². The van der Waals surface area contributed by atoms with Gasteiger partial charge >= 0.3 is 0 Å². The van der Waals surface area contributed by atoms with Crippen molar-refractivity contribution in [3.63, 3.8) is 0 Å². The first-order valence-electron chi connectivity index (χ1n) is 6.24. The van der Waals surface area contributed by atoms with Gasteiger partial charge in [0.15, 0.2) is 5.82 Å². The van der Waals surface area contributed by atoms with Crippen LogP contribution in [0.25, 0.3) is 11.4 Å². The van der Waals surface area contributed by atoms with Gasteiger partial charge in [-0.3, -0.25) is 4.57 Å². The van der Waals surface area contributed by atoms with Crippen LogP contribution in [0.2, 0.25) is 0 Å². The van der Waals surface area contributed by atoms with Crippen molar-refractivity contribution < 1.29 is 17.5 Å². The summed E-state index contributed by atoms with van der Waals surface area (Å²) in [7, 11) is -2.63. The van der Waals surface area contributed by atoms with Crippen molar-refractivity contribution in [1.82, 2.24) is 14.8 Å². The third kappa shape index (κ3) is 2.38. The highest BCUT2D eigenvalue weighted by atomic mass is 32.2. The molecule has 3 rings (SSSR count). The van der Waals surface area contributed by atoms with E-state index in [1.54, 1.807) is 6.07 Å². The summed E-state index contributed by atoms with van der Waals surface area (Å²) in [6, 6.07) is 4.23. The average molecular weight is 312 g/mol. The number of aromatic nitrogens is 3. The fourth-order valence-corrected chi connectivity index (χ4v) is 2.86. The molecule has 0 aliphatic heterocycles. The van der Waals surface area contributed by atoms with Crippen LogP contribution in [0.3, 0.4) is 0 Å². The molecule has 0 atom stereocenters. The van der Waals surface area contributed by atoms with Crippen LogP contribution in [0.15, 0.2) is 23.4 Å². The molecule has 0 bridgehead atoms. The van der Waals surface area contributed by atoms with Crippen LogP contribution in [0, 0.1) is 5.82 Å². The fourth-order valence-electron chi connectivity index (χ4n) is 2.19. The Balaban J connectivity index is 2.28. The van der Waals surface area contributed by atoms with Gasteiger partial charge in [-0.15, -0.1) is 10.2 Å². The highest BCUT2D eigenvalue weighted by molar-refractivity contribution is 7.89. The van der Waals surface area contributed by atoms with E-state index >= 15 is 0 Å². The summed E-state index contributed by atoms with van der Waals surface area (Å²) < 4.78 is 43.8. The van der Waals surface area contributed by atoms with Gasteiger partial charge in [0.25, 0.3) is 15.2 Å². The summed E-state index contributed by atoms with van der Waals surface area (Å²) in [6.07, 6.45) is 1.54. The van der Waals surface area contributed by atoms with Crippen molar-refractivity contribution in [2.45, 2.75) is 24.0 Å². The molecule has 2 aromatic rings. The summed E-state index contributed by atoms with van der Waals surface area (Å²) >= 11 is 0. The molecule has 0 spiro atoms. The van der Waals surface area contributed by atoms with Crippen molar-refractivity contribution in [1.29, 1.82) is 0 Å². The monoisotopic (exact) mass is 312 g/mol. The number of primary sulfonamides is 1. The Hall–Kier alpha value is -2.00. The number of hydrogen-bond donors (Lipinski definition) is 1. The van der Waals surface area contributed by atoms with Crippen LogP contribution >= 0.6 is 0 Å². The lowest BCUT2D eigenvalue weighted by Gasteiger charge is -2.11. The molecule has 0 saturated heterocycles. The van der Waals surface area contributed by atoms with Crippen molar-refractivity contribution >= 4 is 10.0 Å². The van der Waals surface area contributed by atoms with Gasteiger partial charge < -0.3 is 4.74 Å². The third-order valence-electron chi connectivity index (χ3n) is 3.25. The van der Waals surface area contributed by atoms with Gasteiger partial charge in [0.05, 0.1) is 12.7 Å². The average Bonchev–Trinajstić information content (AvgIpc) is 3.16. The molecule has 1 aromatic heterocycles. The van der Waals surface area contributed by atoms with E-state index in [2.05, 4.69) is 10.2 Å². The molecule has 0 unspecified atom stereocenters. The van der Waals surface area contributed by atoms with E-state index in [4.69, 9.17) is 9.88 Å². The molecule has 21 heavy (non-hydrogen) atoms. The predicted octanol–water partition coefficient (Wildman–Crippen LogP) is 1.08. The van der Waals surface area contributed by atoms with E-state index in [0.717, 1.165) is 12.8 Å². The topological polar surface area (TPSA) is 100 Å². The quantitative estimate of drug-likeness (QED) is 0.910. The first-order valence-corrected chi connectivity index (χ1v) is 7.78. The molecule has 1 aliphatic carbocycles. The van der Waals surface area contributed by atoms with Gasteiger partial charge in [-0.25, -0.2) is 17.9 Å². The lowest BCUT2D eigenvalue weighted by molar-refractivity contribution is 0.412. The number of ether oxygens (including phenoxy) is 1. The van der Waals surface area contributed by atoms with Crippen molar-refractivity contribution in [3.05, 3.63) is 24.0 Å². The Kier molecular flexibility index (Phi) is 3.18. The molecular formula is C12H13FN4O3S. The number of nitrogens with zero attached hydrogens (tertiary/aromatic N) is 3. The maximum Gasteiger partial charge on any atom is 0.273 e. The van der Waals surface area contributed by atoms with E-state index in [0.29, 0.717) is 0 Å². The molecule has 1 fully saturated rings. The summed E-state index contributed by atoms with van der Waals surface area (Å²) in [4.78, 5) is 0. The van der Waals surface area contributed by atoms with Gasteiger partial charge in [0.1, 0.15) is 11.6 Å². The number of methoxy groups -OCH3 is 1. The minimum Gasteiger partial charge on any atom is -0.496 e. The number of rotatable bonds is 4. The molecule has 1 heterocycles. The number of halogens is 1. The van der Waals surface area contributed by atoms with Gasteiger partial charge in [-0.1, -0.05) is 6.07 Å². The summed E-state index contributed by atoms with van der Waals surface area (Å²) in [6.45, 7) is 0. The zero-order valence-electron chi connectivity index (χ0n) is 11.2. The molecule has 1 saturated carbocycles. The highest BCUT2D eigenvalue weighted by Gasteiger charge is 2.35. The SMILES string of the molecule is COc1cccc(F)c1-c1nnc(S(N)(=O)=O)n1C1CC1. The molecule has 0 radical (unpaired) electrons. The zero-order valence-corrected chi connectivity index (χ0v) is 12.0. The molecule has 0 amide bonds. The van der Waals surface area contributed by atoms with E-state index in [1.807, 2.05) is 0 Å². The van der Waals surface area contributed by atoms with Gasteiger partial charge in [-0.2, -0.15) is 0 Å². The number of benzene rings is 1. The first-order chi connectivity index (χ1) is 9.93. The van der Waals surface area contributed by atoms with E-state index in [9.17, 15) is 12.8 Å². The van der Waals surface area contributed by atoms with Crippen LogP contribution in [0.4, 0.5) is 4.39 Å². The Morgan fingerprint density at radius 2 is 2.10 bits per heavy atom. The second-order valence-corrected chi connectivity index (χ2v) is 6.22. The van der Waals surface area contributed by atoms with Crippen molar-refractivity contribution in [2.75, 3.05) is 7.11 Å². The smallest absolute Gasteiger partial charge is 0.273 e. The fraction of sp³-hybridized carbons (Fsp3) is 0.333. The largest absolute Gasteiger partial charge is 0.496 e. The molecule has 1 aliphatic rings. The van der Waals surface area contributed by atoms with Crippen LogP contribution in [0.5, 0.6) is 5.75 Å². The molecule has 112 valence electrons. The summed E-state index contributed by atoms with van der Waals surface area (Å²) in [5.74, 6) is -0.202. The van der Waals surface area contributed by atoms with E-state index in [1.165, 1.54) is 23.8 Å². The molecule has 2 N–H and O–H groups in total. The minimum atomic E-state index is -4.03. The second kappa shape index (κ2) is 4.78. The highest BCUT2D eigenvalue weighted by Crippen LogP contribution is 2.42. The molecule has 9 heteroatoms. The van der Waals surface area contributed by atoms with Crippen molar-refractivity contribution in [2.24, 2.45) is 5.14 Å². The van der Waals surface area contributed by atoms with E-state index < -0.39 is 15.8 Å². The van der Waals surface area contributed by atoms with Crippen LogP contribution in [-0.4, -0.2) is 30.3 Å². The lowest BCUT2D eigenvalue weighted by atomic mass is 10.1. The molecule has 1 aromatic carbocycles. The van der Waals surface area contributed by atoms with Gasteiger partial charge in [-0.05, 0) is 25.0 Å². The van der Waals surface area contributed by atoms with Crippen LogP contribution in [-0.2, 0) is 10.0 Å². The number of nitrogens with two attached hydrogens (primary N) is 1. The standard InChI is InChI=1S/C12H13FN4O3S/c1-20-9-4-2-3-8(13)10(9)11-15-16-12(21(14,18)19)17(11)7-5-6-7/h2-4,7H,5-6H2,1H3,(H2,14,18,19). The minimum absolute atomic E-state index is 0.0781. The number of sulfonamides is 1. The van der Waals surface area contributed by atoms with E-state index in [-0.39, 0.29) is 28.3 Å². The lowest BCUT2D eigenvalue weighted by Crippen LogP contribution is -2.18. The second-order valence-electron chi connectivity index (χ2n) is 4.77.